The predicted octanol–water partition coefficient (Wildman–Crippen LogP) is 4.44. The molecule has 3 aliphatic rings. The van der Waals surface area contributed by atoms with Crippen molar-refractivity contribution in [1.82, 2.24) is 15.1 Å². The molecule has 2 aliphatic heterocycles. The minimum Gasteiger partial charge on any atom is -0.508 e. The van der Waals surface area contributed by atoms with Crippen LogP contribution in [0.25, 0.3) is 11.1 Å². The number of amides is 1. The third-order valence-corrected chi connectivity index (χ3v) is 7.17. The molecular weight excluding hydrogens is 398 g/mol. The normalized spacial score (nSPS) is 23.6. The summed E-state index contributed by atoms with van der Waals surface area (Å²) in [5, 5.41) is 13.7. The zero-order chi connectivity index (χ0) is 22.3. The Bertz CT molecular complexity index is 1050. The first-order valence-electron chi connectivity index (χ1n) is 11.9. The summed E-state index contributed by atoms with van der Waals surface area (Å²) in [4.78, 5) is 18.6. The Morgan fingerprint density at radius 1 is 1.03 bits per heavy atom. The fraction of sp³-hybridized carbons (Fsp3) is 0.444. The summed E-state index contributed by atoms with van der Waals surface area (Å²) in [5.41, 5.74) is 3.43. The van der Waals surface area contributed by atoms with Gasteiger partial charge in [0.15, 0.2) is 0 Å². The van der Waals surface area contributed by atoms with Gasteiger partial charge in [-0.05, 0) is 99.0 Å². The van der Waals surface area contributed by atoms with Crippen LogP contribution in [0, 0.1) is 5.92 Å². The van der Waals surface area contributed by atoms with Crippen molar-refractivity contribution in [3.8, 4) is 16.9 Å². The number of phenolic OH excluding ortho intramolecular Hbond substituents is 1. The molecule has 1 aliphatic carbocycles. The number of aromatic hydroxyl groups is 1. The lowest BCUT2D eigenvalue weighted by Gasteiger charge is -2.29. The molecule has 1 unspecified atom stereocenters. The van der Waals surface area contributed by atoms with Crippen LogP contribution in [-0.2, 0) is 10.3 Å². The van der Waals surface area contributed by atoms with Gasteiger partial charge in [-0.3, -0.25) is 9.69 Å². The van der Waals surface area contributed by atoms with Crippen molar-refractivity contribution in [3.63, 3.8) is 0 Å². The average molecular weight is 432 g/mol. The van der Waals surface area contributed by atoms with Crippen LogP contribution in [0.15, 0.2) is 59.9 Å². The molecule has 2 heterocycles. The molecule has 5 rings (SSSR count). The number of hydrogen-bond acceptors (Lipinski definition) is 4. The van der Waals surface area contributed by atoms with Gasteiger partial charge in [0, 0.05) is 13.1 Å². The molecule has 3 fully saturated rings. The molecule has 2 saturated heterocycles. The van der Waals surface area contributed by atoms with Gasteiger partial charge in [-0.1, -0.05) is 30.3 Å². The van der Waals surface area contributed by atoms with E-state index >= 15 is 0 Å². The molecule has 2 aromatic rings. The van der Waals surface area contributed by atoms with Crippen LogP contribution in [0.1, 0.15) is 45.1 Å². The van der Waals surface area contributed by atoms with E-state index in [0.29, 0.717) is 5.92 Å². The van der Waals surface area contributed by atoms with E-state index < -0.39 is 5.54 Å². The van der Waals surface area contributed by atoms with Gasteiger partial charge in [0.05, 0.1) is 0 Å². The molecule has 5 heteroatoms. The number of carbonyl (C=O) groups is 1. The smallest absolute Gasteiger partial charge is 0.258 e. The molecular formula is C27H33N3O2. The van der Waals surface area contributed by atoms with Gasteiger partial charge in [0.2, 0.25) is 0 Å². The van der Waals surface area contributed by atoms with Crippen molar-refractivity contribution in [3.05, 3.63) is 65.5 Å². The maximum absolute atomic E-state index is 14.1. The first-order valence-corrected chi connectivity index (χ1v) is 11.9. The number of carbonyl (C=O) groups excluding carboxylic acids is 1. The van der Waals surface area contributed by atoms with E-state index in [1.165, 1.54) is 12.8 Å². The average Bonchev–Trinajstić information content (AvgIpc) is 3.42. The lowest BCUT2D eigenvalue weighted by Crippen LogP contribution is -2.46. The van der Waals surface area contributed by atoms with Crippen LogP contribution in [0.5, 0.6) is 5.75 Å². The summed E-state index contributed by atoms with van der Waals surface area (Å²) in [5.74, 6) is 1.72. The molecule has 0 bridgehead atoms. The van der Waals surface area contributed by atoms with Crippen molar-refractivity contribution in [2.75, 3.05) is 26.2 Å². The van der Waals surface area contributed by atoms with E-state index in [9.17, 15) is 9.90 Å². The van der Waals surface area contributed by atoms with E-state index in [1.807, 2.05) is 29.2 Å². The van der Waals surface area contributed by atoms with E-state index in [0.717, 1.165) is 67.1 Å². The minimum atomic E-state index is -0.704. The molecule has 168 valence electrons. The summed E-state index contributed by atoms with van der Waals surface area (Å²) in [6.45, 7) is 8.11. The van der Waals surface area contributed by atoms with Crippen LogP contribution >= 0.6 is 0 Å². The molecule has 1 saturated carbocycles. The molecule has 0 radical (unpaired) electrons. The van der Waals surface area contributed by atoms with Crippen molar-refractivity contribution in [1.29, 1.82) is 0 Å². The van der Waals surface area contributed by atoms with Gasteiger partial charge in [-0.15, -0.1) is 0 Å². The lowest BCUT2D eigenvalue weighted by molar-refractivity contribution is -0.133. The molecule has 0 aromatic heterocycles. The first-order chi connectivity index (χ1) is 15.5. The Kier molecular flexibility index (Phi) is 5.46. The Morgan fingerprint density at radius 3 is 2.38 bits per heavy atom. The zero-order valence-electron chi connectivity index (χ0n) is 19.1. The highest BCUT2D eigenvalue weighted by Crippen LogP contribution is 2.51. The summed E-state index contributed by atoms with van der Waals surface area (Å²) in [6, 6.07) is 15.6. The van der Waals surface area contributed by atoms with Crippen LogP contribution in [-0.4, -0.2) is 47.0 Å². The fourth-order valence-corrected chi connectivity index (χ4v) is 5.33. The highest BCUT2D eigenvalue weighted by molar-refractivity contribution is 5.93. The number of phenols is 1. The summed E-state index contributed by atoms with van der Waals surface area (Å²) in [7, 11) is 0. The van der Waals surface area contributed by atoms with Gasteiger partial charge in [0.25, 0.3) is 5.91 Å². The van der Waals surface area contributed by atoms with Crippen molar-refractivity contribution in [2.45, 2.75) is 45.1 Å². The predicted molar refractivity (Wildman–Crippen MR) is 127 cm³/mol. The molecule has 1 amide bonds. The number of likely N-dealkylation sites (tertiary alicyclic amines) is 1. The maximum Gasteiger partial charge on any atom is 0.258 e. The highest BCUT2D eigenvalue weighted by atomic mass is 16.3. The van der Waals surface area contributed by atoms with Crippen LogP contribution in [0.4, 0.5) is 0 Å². The van der Waals surface area contributed by atoms with E-state index in [4.69, 9.17) is 0 Å². The largest absolute Gasteiger partial charge is 0.508 e. The third-order valence-electron chi connectivity index (χ3n) is 7.17. The van der Waals surface area contributed by atoms with E-state index in [2.05, 4.69) is 36.2 Å². The van der Waals surface area contributed by atoms with Crippen LogP contribution < -0.4 is 5.32 Å². The molecule has 2 N–H and O–H groups in total. The summed E-state index contributed by atoms with van der Waals surface area (Å²) in [6.07, 6.45) is 4.64. The monoisotopic (exact) mass is 431 g/mol. The molecule has 0 spiro atoms. The van der Waals surface area contributed by atoms with E-state index in [-0.39, 0.29) is 11.7 Å². The van der Waals surface area contributed by atoms with Crippen molar-refractivity contribution < 1.29 is 9.90 Å². The molecule has 32 heavy (non-hydrogen) atoms. The standard InChI is InChI=1S/C27H33N3O2/c1-19(2)25-28-27(22-11-12-22,26(32)30(25)16-15-29-13-3-4-14-29)23-9-5-7-20(17-23)21-8-6-10-24(31)18-21/h5-10,17-18,22,28,31H,3-4,11-16H2,1-2H3. The Hall–Kier alpha value is -2.79. The van der Waals surface area contributed by atoms with Crippen molar-refractivity contribution in [2.24, 2.45) is 5.92 Å². The first kappa shape index (κ1) is 21.1. The molecule has 1 atom stereocenters. The van der Waals surface area contributed by atoms with Crippen LogP contribution in [0.2, 0.25) is 0 Å². The summed E-state index contributed by atoms with van der Waals surface area (Å²) < 4.78 is 0. The second-order valence-electron chi connectivity index (χ2n) is 9.69. The highest BCUT2D eigenvalue weighted by Gasteiger charge is 2.58. The Labute approximate surface area is 190 Å². The Morgan fingerprint density at radius 2 is 1.72 bits per heavy atom. The minimum absolute atomic E-state index is 0.184. The number of nitrogens with zero attached hydrogens (tertiary/aromatic N) is 2. The number of allylic oxidation sites excluding steroid dienone is 1. The van der Waals surface area contributed by atoms with Gasteiger partial charge in [0.1, 0.15) is 17.1 Å². The van der Waals surface area contributed by atoms with Gasteiger partial charge in [-0.25, -0.2) is 0 Å². The SMILES string of the molecule is CC(C)=C1NC(c2cccc(-c3cccc(O)c3)c2)(C2CC2)C(=O)N1CCN1CCCC1. The lowest BCUT2D eigenvalue weighted by atomic mass is 9.83. The Balaban J connectivity index is 1.51. The van der Waals surface area contributed by atoms with Gasteiger partial charge in [-0.2, -0.15) is 0 Å². The number of rotatable bonds is 6. The number of hydrogen-bond donors (Lipinski definition) is 2. The van der Waals surface area contributed by atoms with Gasteiger partial charge >= 0.3 is 0 Å². The number of nitrogens with one attached hydrogen (secondary N) is 1. The quantitative estimate of drug-likeness (QED) is 0.710. The maximum atomic E-state index is 14.1. The van der Waals surface area contributed by atoms with Crippen molar-refractivity contribution >= 4 is 5.91 Å². The summed E-state index contributed by atoms with van der Waals surface area (Å²) >= 11 is 0. The molecule has 5 nitrogen and oxygen atoms in total. The second kappa shape index (κ2) is 8.28. The second-order valence-corrected chi connectivity index (χ2v) is 9.69. The molecule has 2 aromatic carbocycles. The zero-order valence-corrected chi connectivity index (χ0v) is 19.1. The van der Waals surface area contributed by atoms with Crippen LogP contribution in [0.3, 0.4) is 0 Å². The van der Waals surface area contributed by atoms with E-state index in [1.54, 1.807) is 12.1 Å². The third kappa shape index (κ3) is 3.69. The number of benzene rings is 2. The topological polar surface area (TPSA) is 55.8 Å². The fourth-order valence-electron chi connectivity index (χ4n) is 5.33. The van der Waals surface area contributed by atoms with Gasteiger partial charge < -0.3 is 15.3 Å².